The highest BCUT2D eigenvalue weighted by Gasteiger charge is 2.52. The number of nitrogens with zero attached hydrogens (tertiary/aromatic N) is 2. The molecule has 0 saturated carbocycles. The lowest BCUT2D eigenvalue weighted by Gasteiger charge is -2.42. The first-order chi connectivity index (χ1) is 26.5. The van der Waals surface area contributed by atoms with Crippen LogP contribution in [0.2, 0.25) is 0 Å². The second-order valence-electron chi connectivity index (χ2n) is 16.3. The molecule has 2 amide bonds. The number of benzene rings is 3. The van der Waals surface area contributed by atoms with Crippen LogP contribution < -0.4 is 11.5 Å². The summed E-state index contributed by atoms with van der Waals surface area (Å²) in [6.45, 7) is 6.13. The van der Waals surface area contributed by atoms with Gasteiger partial charge in [0.2, 0.25) is 11.8 Å². The molecule has 0 bridgehead atoms. The highest BCUT2D eigenvalue weighted by Crippen LogP contribution is 2.47. The Hall–Kier alpha value is -4.00. The minimum Gasteiger partial charge on any atom is -0.369 e. The van der Waals surface area contributed by atoms with Crippen molar-refractivity contribution in [1.29, 1.82) is 0 Å². The van der Waals surface area contributed by atoms with Crippen LogP contribution in [0.25, 0.3) is 0 Å². The Labute approximate surface area is 325 Å². The van der Waals surface area contributed by atoms with Crippen LogP contribution in [0.15, 0.2) is 115 Å². The number of allylic oxidation sites excluding steroid dienone is 4. The van der Waals surface area contributed by atoms with Crippen molar-refractivity contribution in [2.45, 2.75) is 94.3 Å². The van der Waals surface area contributed by atoms with E-state index in [2.05, 4.69) is 70.5 Å². The Kier molecular flexibility index (Phi) is 14.4. The topological polar surface area (TPSA) is 92.7 Å². The summed E-state index contributed by atoms with van der Waals surface area (Å²) in [5.74, 6) is 0.0633. The summed E-state index contributed by atoms with van der Waals surface area (Å²) in [5, 5.41) is 0. The van der Waals surface area contributed by atoms with E-state index in [4.69, 9.17) is 11.5 Å². The van der Waals surface area contributed by atoms with Gasteiger partial charge in [-0.3, -0.25) is 9.59 Å². The molecule has 3 aromatic carbocycles. The third-order valence-corrected chi connectivity index (χ3v) is 13.1. The van der Waals surface area contributed by atoms with E-state index >= 15 is 0 Å². The lowest BCUT2D eigenvalue weighted by Crippen LogP contribution is -2.53. The minimum atomic E-state index is -0.805. The zero-order chi connectivity index (χ0) is 37.6. The molecule has 2 saturated heterocycles. The molecule has 4 atom stereocenters. The van der Waals surface area contributed by atoms with Gasteiger partial charge in [-0.15, -0.1) is 0 Å². The Morgan fingerprint density at radius 2 is 1.00 bits per heavy atom. The van der Waals surface area contributed by atoms with Crippen molar-refractivity contribution < 1.29 is 9.59 Å². The van der Waals surface area contributed by atoms with Crippen LogP contribution in [0.3, 0.4) is 0 Å². The maximum absolute atomic E-state index is 13.4. The number of unbranched alkanes of at least 4 members (excludes halogenated alkanes) is 9. The fourth-order valence-corrected chi connectivity index (χ4v) is 10.3. The maximum atomic E-state index is 13.4. The third kappa shape index (κ3) is 8.92. The van der Waals surface area contributed by atoms with Crippen molar-refractivity contribution in [2.75, 3.05) is 39.3 Å². The zero-order valence-electron chi connectivity index (χ0n) is 32.5. The molecule has 0 radical (unpaired) electrons. The quantitative estimate of drug-likeness (QED) is 0.108. The highest BCUT2D eigenvalue weighted by atomic mass is 16.2. The average molecular weight is 729 g/mol. The second kappa shape index (κ2) is 19.5. The molecule has 4 N–H and O–H groups in total. The highest BCUT2D eigenvalue weighted by molar-refractivity contribution is 5.91. The lowest BCUT2D eigenvalue weighted by atomic mass is 9.60. The van der Waals surface area contributed by atoms with Crippen LogP contribution in [0.4, 0.5) is 0 Å². The van der Waals surface area contributed by atoms with Gasteiger partial charge < -0.3 is 21.3 Å². The third-order valence-electron chi connectivity index (χ3n) is 13.1. The van der Waals surface area contributed by atoms with Crippen molar-refractivity contribution in [3.8, 4) is 0 Å². The zero-order valence-corrected chi connectivity index (χ0v) is 32.5. The molecule has 6 heteroatoms. The Morgan fingerprint density at radius 1 is 0.556 bits per heavy atom. The Balaban J connectivity index is 0.850. The molecule has 54 heavy (non-hydrogen) atoms. The minimum absolute atomic E-state index is 0.0982. The number of carbonyl (C=O) groups excluding carboxylic acids is 2. The Morgan fingerprint density at radius 3 is 1.44 bits per heavy atom. The molecule has 3 aliphatic rings. The van der Waals surface area contributed by atoms with Crippen LogP contribution in [0, 0.1) is 17.8 Å². The van der Waals surface area contributed by atoms with Crippen LogP contribution in [-0.4, -0.2) is 60.9 Å². The number of hydrogen-bond donors (Lipinski definition) is 2. The van der Waals surface area contributed by atoms with E-state index < -0.39 is 10.8 Å². The smallest absolute Gasteiger partial charge is 0.232 e. The molecule has 4 unspecified atom stereocenters. The van der Waals surface area contributed by atoms with E-state index in [1.807, 2.05) is 54.6 Å². The van der Waals surface area contributed by atoms with Gasteiger partial charge in [-0.05, 0) is 92.7 Å². The van der Waals surface area contributed by atoms with Gasteiger partial charge in [0.15, 0.2) is 0 Å². The average Bonchev–Trinajstić information content (AvgIpc) is 3.88. The van der Waals surface area contributed by atoms with E-state index in [1.165, 1.54) is 64.2 Å². The first-order valence-electron chi connectivity index (χ1n) is 21.0. The lowest BCUT2D eigenvalue weighted by molar-refractivity contribution is -0.127. The van der Waals surface area contributed by atoms with Crippen molar-refractivity contribution >= 4 is 11.8 Å². The van der Waals surface area contributed by atoms with E-state index in [1.54, 1.807) is 0 Å². The van der Waals surface area contributed by atoms with Crippen LogP contribution in [0.5, 0.6) is 0 Å². The predicted octanol–water partition coefficient (Wildman–Crippen LogP) is 8.56. The molecule has 6 rings (SSSR count). The first-order valence-corrected chi connectivity index (χ1v) is 21.0. The summed E-state index contributed by atoms with van der Waals surface area (Å²) < 4.78 is 0. The number of carbonyl (C=O) groups is 2. The van der Waals surface area contributed by atoms with Gasteiger partial charge in [-0.1, -0.05) is 167 Å². The van der Waals surface area contributed by atoms with Crippen molar-refractivity contribution in [2.24, 2.45) is 29.2 Å². The van der Waals surface area contributed by atoms with E-state index in [0.29, 0.717) is 0 Å². The molecule has 1 aliphatic carbocycles. The number of primary amides is 2. The van der Waals surface area contributed by atoms with Crippen molar-refractivity contribution in [3.05, 3.63) is 132 Å². The number of hydrogen-bond acceptors (Lipinski definition) is 4. The van der Waals surface area contributed by atoms with E-state index in [0.717, 1.165) is 75.2 Å². The van der Waals surface area contributed by atoms with Gasteiger partial charge >= 0.3 is 0 Å². The molecule has 6 nitrogen and oxygen atoms in total. The summed E-state index contributed by atoms with van der Waals surface area (Å²) in [6, 6.07) is 30.7. The second-order valence-corrected chi connectivity index (χ2v) is 16.3. The monoisotopic (exact) mass is 729 g/mol. The summed E-state index contributed by atoms with van der Waals surface area (Å²) >= 11 is 0. The molecule has 2 aliphatic heterocycles. The largest absolute Gasteiger partial charge is 0.369 e. The van der Waals surface area contributed by atoms with Gasteiger partial charge in [0, 0.05) is 13.1 Å². The van der Waals surface area contributed by atoms with E-state index in [-0.39, 0.29) is 29.6 Å². The summed E-state index contributed by atoms with van der Waals surface area (Å²) in [6.07, 6.45) is 24.3. The first kappa shape index (κ1) is 39.7. The van der Waals surface area contributed by atoms with Crippen molar-refractivity contribution in [3.63, 3.8) is 0 Å². The van der Waals surface area contributed by atoms with Gasteiger partial charge in [0.25, 0.3) is 0 Å². The molecule has 0 aromatic heterocycles. The molecule has 288 valence electrons. The van der Waals surface area contributed by atoms with Crippen LogP contribution in [-0.2, 0) is 20.4 Å². The summed E-state index contributed by atoms with van der Waals surface area (Å²) in [4.78, 5) is 31.9. The summed E-state index contributed by atoms with van der Waals surface area (Å²) in [5.41, 5.74) is 14.2. The number of nitrogens with two attached hydrogens (primary N) is 2. The number of rotatable bonds is 21. The molecule has 0 spiro atoms. The van der Waals surface area contributed by atoms with Gasteiger partial charge in [0.1, 0.15) is 5.41 Å². The van der Waals surface area contributed by atoms with Gasteiger partial charge in [-0.25, -0.2) is 0 Å². The van der Waals surface area contributed by atoms with Crippen LogP contribution >= 0.6 is 0 Å². The summed E-state index contributed by atoms with van der Waals surface area (Å²) in [7, 11) is 0. The molecular formula is C48H64N4O2. The molecule has 3 aromatic rings. The standard InChI is InChI=1S/C48H64N4O2/c49-45(53)47(39-23-13-9-14-24-39,40-25-15-10-16-26-40)43-31-35-51(37-43)33-21-7-5-3-1-2-4-6-8-22-34-52-36-32-44(38-52)48(46(50)54,41-27-17-11-18-28-41)42-29-19-12-20-30-42/h9-20,23-29,42-44H,1-8,21-22,30-38H2,(H2,49,53)(H2,50,54). The molecule has 2 heterocycles. The SMILES string of the molecule is NC(=O)C(c1ccccc1)(c1ccccc1)C1CCN(CCCCCCCCCCCCN2CCC(C(C(N)=O)(c3ccccc3)C3C=CC=CC3)C2)C1. The normalized spacial score (nSPS) is 21.7. The Bertz CT molecular complexity index is 1620. The predicted molar refractivity (Wildman–Crippen MR) is 222 cm³/mol. The van der Waals surface area contributed by atoms with Crippen molar-refractivity contribution in [1.82, 2.24) is 9.80 Å². The maximum Gasteiger partial charge on any atom is 0.232 e. The van der Waals surface area contributed by atoms with Gasteiger partial charge in [0.05, 0.1) is 5.41 Å². The fraction of sp³-hybridized carbons (Fsp3) is 0.500. The molecular weight excluding hydrogens is 665 g/mol. The fourth-order valence-electron chi connectivity index (χ4n) is 10.3. The molecule has 2 fully saturated rings. The van der Waals surface area contributed by atoms with Crippen LogP contribution in [0.1, 0.15) is 100 Å². The number of amides is 2. The van der Waals surface area contributed by atoms with Gasteiger partial charge in [-0.2, -0.15) is 0 Å². The van der Waals surface area contributed by atoms with E-state index in [9.17, 15) is 9.59 Å². The number of likely N-dealkylation sites (tertiary alicyclic amines) is 2.